The van der Waals surface area contributed by atoms with Crippen LogP contribution < -0.4 is 0 Å². The number of carbonyl (C=O) groups excluding carboxylic acids is 3. The maximum Gasteiger partial charge on any atom is 0.252 e. The minimum atomic E-state index is -0.703. The minimum Gasteiger partial charge on any atom is -0.375 e. The fraction of sp³-hybridized carbons (Fsp3) is 0.458. The molecule has 1 aromatic rings. The van der Waals surface area contributed by atoms with Crippen molar-refractivity contribution in [1.82, 2.24) is 4.90 Å². The van der Waals surface area contributed by atoms with Crippen LogP contribution in [-0.4, -0.2) is 42.6 Å². The Hall–Kier alpha value is -2.71. The van der Waals surface area contributed by atoms with Gasteiger partial charge in [-0.2, -0.15) is 0 Å². The average Bonchev–Trinajstić information content (AvgIpc) is 2.64. The largest absolute Gasteiger partial charge is 0.375 e. The van der Waals surface area contributed by atoms with Gasteiger partial charge >= 0.3 is 0 Å². The lowest BCUT2D eigenvalue weighted by Crippen LogP contribution is -2.44. The van der Waals surface area contributed by atoms with Crippen molar-refractivity contribution in [3.8, 4) is 11.8 Å². The molecule has 1 aromatic carbocycles. The molecule has 1 spiro atoms. The van der Waals surface area contributed by atoms with E-state index in [4.69, 9.17) is 4.74 Å². The van der Waals surface area contributed by atoms with E-state index in [9.17, 15) is 14.4 Å². The van der Waals surface area contributed by atoms with Gasteiger partial charge in [-0.3, -0.25) is 14.4 Å². The number of benzene rings is 1. The van der Waals surface area contributed by atoms with Crippen molar-refractivity contribution in [1.29, 1.82) is 0 Å². The van der Waals surface area contributed by atoms with E-state index in [-0.39, 0.29) is 24.1 Å². The summed E-state index contributed by atoms with van der Waals surface area (Å²) >= 11 is 0. The Morgan fingerprint density at radius 1 is 1.21 bits per heavy atom. The van der Waals surface area contributed by atoms with Gasteiger partial charge in [0.25, 0.3) is 5.91 Å². The molecule has 0 aromatic heterocycles. The number of Topliss-reactive ketones (excluding diaryl/α,β-unsaturated/α-hetero) is 2. The molecule has 5 heteroatoms. The summed E-state index contributed by atoms with van der Waals surface area (Å²) in [5.41, 5.74) is 3.11. The van der Waals surface area contributed by atoms with Gasteiger partial charge in [0.15, 0.2) is 0 Å². The van der Waals surface area contributed by atoms with Crippen LogP contribution in [0.3, 0.4) is 0 Å². The molecular formula is C24H27NO4. The van der Waals surface area contributed by atoms with Gasteiger partial charge in [0.2, 0.25) is 0 Å². The highest BCUT2D eigenvalue weighted by molar-refractivity contribution is 6.11. The van der Waals surface area contributed by atoms with Gasteiger partial charge in [-0.05, 0) is 56.0 Å². The number of hydrogen-bond acceptors (Lipinski definition) is 4. The van der Waals surface area contributed by atoms with Gasteiger partial charge in [0.05, 0.1) is 0 Å². The van der Waals surface area contributed by atoms with Gasteiger partial charge in [-0.1, -0.05) is 12.0 Å². The maximum absolute atomic E-state index is 13.1. The van der Waals surface area contributed by atoms with E-state index in [1.54, 1.807) is 18.0 Å². The number of ketones is 2. The molecule has 0 bridgehead atoms. The number of amides is 1. The van der Waals surface area contributed by atoms with Crippen LogP contribution in [0.25, 0.3) is 0 Å². The SMILES string of the molecule is CC#Cc1cc(C)c(C2C(=O)CC3(C=CN(C(=O)COC)CC3)CC2=O)c(C)c1. The van der Waals surface area contributed by atoms with Crippen molar-refractivity contribution >= 4 is 17.5 Å². The van der Waals surface area contributed by atoms with Crippen molar-refractivity contribution in [2.24, 2.45) is 5.41 Å². The first-order chi connectivity index (χ1) is 13.8. The quantitative estimate of drug-likeness (QED) is 0.585. The molecule has 0 saturated heterocycles. The van der Waals surface area contributed by atoms with E-state index in [0.29, 0.717) is 25.8 Å². The number of methoxy groups -OCH3 is 1. The Kier molecular flexibility index (Phi) is 6.04. The van der Waals surface area contributed by atoms with E-state index in [0.717, 1.165) is 22.3 Å². The van der Waals surface area contributed by atoms with E-state index in [1.165, 1.54) is 7.11 Å². The predicted octanol–water partition coefficient (Wildman–Crippen LogP) is 3.07. The molecule has 1 aliphatic carbocycles. The summed E-state index contributed by atoms with van der Waals surface area (Å²) in [5, 5.41) is 0. The third-order valence-electron chi connectivity index (χ3n) is 5.90. The smallest absolute Gasteiger partial charge is 0.252 e. The van der Waals surface area contributed by atoms with Gasteiger partial charge < -0.3 is 9.64 Å². The number of nitrogens with zero attached hydrogens (tertiary/aromatic N) is 1. The number of rotatable bonds is 3. The normalized spacial score (nSPS) is 23.9. The molecule has 29 heavy (non-hydrogen) atoms. The molecule has 0 unspecified atom stereocenters. The lowest BCUT2D eigenvalue weighted by Gasteiger charge is -2.40. The maximum atomic E-state index is 13.1. The summed E-state index contributed by atoms with van der Waals surface area (Å²) in [6, 6.07) is 3.90. The summed E-state index contributed by atoms with van der Waals surface area (Å²) in [6.07, 6.45) is 4.82. The fourth-order valence-electron chi connectivity index (χ4n) is 4.57. The molecule has 152 valence electrons. The van der Waals surface area contributed by atoms with E-state index >= 15 is 0 Å². The third-order valence-corrected chi connectivity index (χ3v) is 5.90. The van der Waals surface area contributed by atoms with Crippen molar-refractivity contribution in [3.05, 3.63) is 46.7 Å². The first-order valence-electron chi connectivity index (χ1n) is 9.87. The van der Waals surface area contributed by atoms with Crippen LogP contribution in [0.15, 0.2) is 24.4 Å². The summed E-state index contributed by atoms with van der Waals surface area (Å²) in [5.74, 6) is 5.03. The molecule has 1 amide bonds. The van der Waals surface area contributed by atoms with E-state index < -0.39 is 11.3 Å². The molecule has 1 fully saturated rings. The average molecular weight is 393 g/mol. The number of allylic oxidation sites excluding steroid dienone is 1. The lowest BCUT2D eigenvalue weighted by molar-refractivity contribution is -0.136. The molecule has 5 nitrogen and oxygen atoms in total. The summed E-state index contributed by atoms with van der Waals surface area (Å²) in [7, 11) is 1.48. The predicted molar refractivity (Wildman–Crippen MR) is 110 cm³/mol. The van der Waals surface area contributed by atoms with Crippen molar-refractivity contribution in [2.45, 2.75) is 46.0 Å². The molecule has 3 rings (SSSR count). The van der Waals surface area contributed by atoms with Crippen molar-refractivity contribution < 1.29 is 19.1 Å². The Balaban J connectivity index is 1.84. The first-order valence-corrected chi connectivity index (χ1v) is 9.87. The van der Waals surface area contributed by atoms with Gasteiger partial charge in [0, 0.05) is 43.7 Å². The second-order valence-electron chi connectivity index (χ2n) is 8.07. The Morgan fingerprint density at radius 3 is 2.31 bits per heavy atom. The molecular weight excluding hydrogens is 366 g/mol. The van der Waals surface area contributed by atoms with Crippen LogP contribution in [0.2, 0.25) is 0 Å². The van der Waals surface area contributed by atoms with Gasteiger partial charge in [-0.15, -0.1) is 5.92 Å². The van der Waals surface area contributed by atoms with Crippen LogP contribution >= 0.6 is 0 Å². The van der Waals surface area contributed by atoms with Gasteiger partial charge in [0.1, 0.15) is 24.1 Å². The molecule has 2 aliphatic rings. The number of ether oxygens (including phenoxy) is 1. The van der Waals surface area contributed by atoms with Crippen LogP contribution in [0, 0.1) is 31.1 Å². The molecule has 0 radical (unpaired) electrons. The standard InChI is InChI=1S/C24H27NO4/c1-5-6-18-11-16(2)22(17(3)12-18)23-19(26)13-24(14-20(23)27)7-9-25(10-8-24)21(28)15-29-4/h7,9,11-12,23H,8,10,13-15H2,1-4H3. The molecule has 0 atom stereocenters. The fourth-order valence-corrected chi connectivity index (χ4v) is 4.57. The highest BCUT2D eigenvalue weighted by Gasteiger charge is 2.46. The molecule has 1 heterocycles. The second-order valence-corrected chi connectivity index (χ2v) is 8.07. The van der Waals surface area contributed by atoms with Crippen LogP contribution in [0.1, 0.15) is 54.4 Å². The monoisotopic (exact) mass is 393 g/mol. The second kappa shape index (κ2) is 8.34. The van der Waals surface area contributed by atoms with Gasteiger partial charge in [-0.25, -0.2) is 0 Å². The highest BCUT2D eigenvalue weighted by Crippen LogP contribution is 2.45. The van der Waals surface area contributed by atoms with Crippen molar-refractivity contribution in [2.75, 3.05) is 20.3 Å². The zero-order chi connectivity index (χ0) is 21.2. The minimum absolute atomic E-state index is 0.0221. The number of carbonyl (C=O) groups is 3. The Labute approximate surface area is 172 Å². The Bertz CT molecular complexity index is 906. The third kappa shape index (κ3) is 4.18. The van der Waals surface area contributed by atoms with Crippen LogP contribution in [0.5, 0.6) is 0 Å². The lowest BCUT2D eigenvalue weighted by atomic mass is 9.64. The number of aryl methyl sites for hydroxylation is 2. The highest BCUT2D eigenvalue weighted by atomic mass is 16.5. The van der Waals surface area contributed by atoms with Crippen LogP contribution in [-0.2, 0) is 19.1 Å². The molecule has 0 N–H and O–H groups in total. The van der Waals surface area contributed by atoms with Crippen LogP contribution in [0.4, 0.5) is 0 Å². The molecule has 1 aliphatic heterocycles. The topological polar surface area (TPSA) is 63.7 Å². The summed E-state index contributed by atoms with van der Waals surface area (Å²) < 4.78 is 4.90. The zero-order valence-electron chi connectivity index (χ0n) is 17.5. The molecule has 1 saturated carbocycles. The summed E-state index contributed by atoms with van der Waals surface area (Å²) in [6.45, 7) is 6.18. The van der Waals surface area contributed by atoms with E-state index in [2.05, 4.69) is 11.8 Å². The first kappa shape index (κ1) is 21.0. The van der Waals surface area contributed by atoms with Crippen molar-refractivity contribution in [3.63, 3.8) is 0 Å². The number of hydrogen-bond donors (Lipinski definition) is 0. The van der Waals surface area contributed by atoms with E-state index in [1.807, 2.05) is 32.1 Å². The summed E-state index contributed by atoms with van der Waals surface area (Å²) in [4.78, 5) is 39.8. The Morgan fingerprint density at radius 2 is 1.83 bits per heavy atom. The zero-order valence-corrected chi connectivity index (χ0v) is 17.5.